The Labute approximate surface area is 111 Å². The molecule has 3 nitrogen and oxygen atoms in total. The van der Waals surface area contributed by atoms with Gasteiger partial charge in [0.15, 0.2) is 0 Å². The van der Waals surface area contributed by atoms with Gasteiger partial charge in [0.05, 0.1) is 10.7 Å². The van der Waals surface area contributed by atoms with Crippen molar-refractivity contribution < 1.29 is 4.79 Å². The lowest BCUT2D eigenvalue weighted by molar-refractivity contribution is 0.102. The Morgan fingerprint density at radius 1 is 1.22 bits per heavy atom. The minimum atomic E-state index is -0.224. The lowest BCUT2D eigenvalue weighted by atomic mass is 10.1. The maximum absolute atomic E-state index is 12.0. The minimum absolute atomic E-state index is 0.224. The molecule has 0 bridgehead atoms. The maximum Gasteiger partial charge on any atom is 0.255 e. The molecule has 2 aromatic carbocycles. The molecule has 4 heteroatoms. The lowest BCUT2D eigenvalue weighted by Crippen LogP contribution is -2.13. The zero-order valence-corrected chi connectivity index (χ0v) is 10.7. The number of aryl methyl sites for hydroxylation is 1. The van der Waals surface area contributed by atoms with Gasteiger partial charge in [-0.3, -0.25) is 4.79 Å². The smallest absolute Gasteiger partial charge is 0.255 e. The van der Waals surface area contributed by atoms with Crippen LogP contribution in [0.2, 0.25) is 5.02 Å². The van der Waals surface area contributed by atoms with Gasteiger partial charge in [-0.2, -0.15) is 0 Å². The average molecular weight is 261 g/mol. The van der Waals surface area contributed by atoms with Crippen molar-refractivity contribution in [2.75, 3.05) is 11.1 Å². The summed E-state index contributed by atoms with van der Waals surface area (Å²) in [4.78, 5) is 12.0. The number of para-hydroxylation sites is 1. The number of benzene rings is 2. The van der Waals surface area contributed by atoms with Gasteiger partial charge in [-0.1, -0.05) is 29.8 Å². The second-order valence-corrected chi connectivity index (χ2v) is 4.42. The van der Waals surface area contributed by atoms with Crippen LogP contribution in [-0.4, -0.2) is 5.91 Å². The average Bonchev–Trinajstić information content (AvgIpc) is 2.34. The molecule has 18 heavy (non-hydrogen) atoms. The van der Waals surface area contributed by atoms with Crippen molar-refractivity contribution in [2.45, 2.75) is 6.92 Å². The quantitative estimate of drug-likeness (QED) is 0.812. The van der Waals surface area contributed by atoms with E-state index in [1.54, 1.807) is 30.3 Å². The molecule has 0 atom stereocenters. The summed E-state index contributed by atoms with van der Waals surface area (Å²) in [5.74, 6) is -0.224. The Hall–Kier alpha value is -2.00. The lowest BCUT2D eigenvalue weighted by Gasteiger charge is -2.10. The first-order valence-corrected chi connectivity index (χ1v) is 5.88. The van der Waals surface area contributed by atoms with E-state index in [1.165, 1.54) is 0 Å². The fourth-order valence-electron chi connectivity index (χ4n) is 1.66. The molecule has 0 aliphatic heterocycles. The van der Waals surface area contributed by atoms with E-state index in [-0.39, 0.29) is 5.91 Å². The fourth-order valence-corrected chi connectivity index (χ4v) is 1.92. The maximum atomic E-state index is 12.0. The SMILES string of the molecule is Cc1cccc(Cl)c1NC(=O)c1cccc(N)c1. The number of carbonyl (C=O) groups excluding carboxylic acids is 1. The monoisotopic (exact) mass is 260 g/mol. The number of hydrogen-bond donors (Lipinski definition) is 2. The fraction of sp³-hybridized carbons (Fsp3) is 0.0714. The first-order chi connectivity index (χ1) is 8.58. The molecular weight excluding hydrogens is 248 g/mol. The number of halogens is 1. The second kappa shape index (κ2) is 5.10. The summed E-state index contributed by atoms with van der Waals surface area (Å²) >= 11 is 6.05. The molecule has 0 aromatic heterocycles. The normalized spacial score (nSPS) is 10.1. The van der Waals surface area contributed by atoms with E-state index in [4.69, 9.17) is 17.3 Å². The van der Waals surface area contributed by atoms with Crippen LogP contribution >= 0.6 is 11.6 Å². The van der Waals surface area contributed by atoms with Crippen molar-refractivity contribution >= 4 is 28.9 Å². The molecule has 0 saturated carbocycles. The number of carbonyl (C=O) groups is 1. The van der Waals surface area contributed by atoms with E-state index >= 15 is 0 Å². The standard InChI is InChI=1S/C14H13ClN2O/c1-9-4-2-7-12(15)13(9)17-14(18)10-5-3-6-11(16)8-10/h2-8H,16H2,1H3,(H,17,18). The predicted molar refractivity (Wildman–Crippen MR) is 75.0 cm³/mol. The van der Waals surface area contributed by atoms with Gasteiger partial charge in [-0.25, -0.2) is 0 Å². The largest absolute Gasteiger partial charge is 0.399 e. The summed E-state index contributed by atoms with van der Waals surface area (Å²) in [7, 11) is 0. The van der Waals surface area contributed by atoms with Gasteiger partial charge in [0.2, 0.25) is 0 Å². The number of anilines is 2. The molecule has 0 radical (unpaired) electrons. The Balaban J connectivity index is 2.27. The zero-order chi connectivity index (χ0) is 13.1. The van der Waals surface area contributed by atoms with Crippen molar-refractivity contribution in [3.05, 3.63) is 58.6 Å². The van der Waals surface area contributed by atoms with Gasteiger partial charge < -0.3 is 11.1 Å². The molecular formula is C14H13ClN2O. The van der Waals surface area contributed by atoms with Crippen molar-refractivity contribution in [3.8, 4) is 0 Å². The molecule has 0 aliphatic carbocycles. The highest BCUT2D eigenvalue weighted by Crippen LogP contribution is 2.25. The van der Waals surface area contributed by atoms with E-state index in [0.29, 0.717) is 22.0 Å². The van der Waals surface area contributed by atoms with Crippen molar-refractivity contribution in [2.24, 2.45) is 0 Å². The Kier molecular flexibility index (Phi) is 3.53. The van der Waals surface area contributed by atoms with E-state index in [9.17, 15) is 4.79 Å². The molecule has 2 aromatic rings. The summed E-state index contributed by atoms with van der Waals surface area (Å²) in [6.07, 6.45) is 0. The Morgan fingerprint density at radius 2 is 1.94 bits per heavy atom. The molecule has 3 N–H and O–H groups in total. The predicted octanol–water partition coefficient (Wildman–Crippen LogP) is 3.48. The molecule has 1 amide bonds. The highest BCUT2D eigenvalue weighted by molar-refractivity contribution is 6.34. The molecule has 0 spiro atoms. The van der Waals surface area contributed by atoms with Crippen LogP contribution in [-0.2, 0) is 0 Å². The van der Waals surface area contributed by atoms with Crippen LogP contribution in [0.5, 0.6) is 0 Å². The highest BCUT2D eigenvalue weighted by atomic mass is 35.5. The Morgan fingerprint density at radius 3 is 2.61 bits per heavy atom. The number of hydrogen-bond acceptors (Lipinski definition) is 2. The van der Waals surface area contributed by atoms with Crippen molar-refractivity contribution in [1.29, 1.82) is 0 Å². The number of rotatable bonds is 2. The third-order valence-corrected chi connectivity index (χ3v) is 2.92. The van der Waals surface area contributed by atoms with Crippen LogP contribution in [0.25, 0.3) is 0 Å². The molecule has 0 unspecified atom stereocenters. The number of nitrogens with one attached hydrogen (secondary N) is 1. The Bertz CT molecular complexity index is 576. The summed E-state index contributed by atoms with van der Waals surface area (Å²) in [5, 5.41) is 3.32. The van der Waals surface area contributed by atoms with Crippen molar-refractivity contribution in [1.82, 2.24) is 0 Å². The third-order valence-electron chi connectivity index (χ3n) is 2.61. The molecule has 92 valence electrons. The van der Waals surface area contributed by atoms with Gasteiger partial charge in [-0.15, -0.1) is 0 Å². The summed E-state index contributed by atoms with van der Waals surface area (Å²) < 4.78 is 0. The van der Waals surface area contributed by atoms with Crippen molar-refractivity contribution in [3.63, 3.8) is 0 Å². The van der Waals surface area contributed by atoms with Crippen LogP contribution < -0.4 is 11.1 Å². The summed E-state index contributed by atoms with van der Waals surface area (Å²) in [6, 6.07) is 12.3. The third kappa shape index (κ3) is 2.63. The molecule has 2 rings (SSSR count). The number of nitrogens with two attached hydrogens (primary N) is 1. The van der Waals surface area contributed by atoms with E-state index in [1.807, 2.05) is 19.1 Å². The van der Waals surface area contributed by atoms with Crippen LogP contribution in [0.3, 0.4) is 0 Å². The molecule has 0 fully saturated rings. The highest BCUT2D eigenvalue weighted by Gasteiger charge is 2.10. The second-order valence-electron chi connectivity index (χ2n) is 4.01. The number of nitrogen functional groups attached to an aromatic ring is 1. The van der Waals surface area contributed by atoms with Gasteiger partial charge in [0, 0.05) is 11.3 Å². The first kappa shape index (κ1) is 12.5. The van der Waals surface area contributed by atoms with Gasteiger partial charge in [0.1, 0.15) is 0 Å². The van der Waals surface area contributed by atoms with Gasteiger partial charge in [0.25, 0.3) is 5.91 Å². The summed E-state index contributed by atoms with van der Waals surface area (Å²) in [6.45, 7) is 1.89. The van der Waals surface area contributed by atoms with Crippen LogP contribution in [0.15, 0.2) is 42.5 Å². The van der Waals surface area contributed by atoms with Gasteiger partial charge >= 0.3 is 0 Å². The van der Waals surface area contributed by atoms with Crippen LogP contribution in [0.1, 0.15) is 15.9 Å². The van der Waals surface area contributed by atoms with E-state index in [0.717, 1.165) is 5.56 Å². The molecule has 0 heterocycles. The van der Waals surface area contributed by atoms with Crippen LogP contribution in [0, 0.1) is 6.92 Å². The van der Waals surface area contributed by atoms with E-state index in [2.05, 4.69) is 5.32 Å². The minimum Gasteiger partial charge on any atom is -0.399 e. The van der Waals surface area contributed by atoms with E-state index < -0.39 is 0 Å². The number of amides is 1. The summed E-state index contributed by atoms with van der Waals surface area (Å²) in [5.41, 5.74) is 8.25. The zero-order valence-electron chi connectivity index (χ0n) is 9.91. The first-order valence-electron chi connectivity index (χ1n) is 5.50. The topological polar surface area (TPSA) is 55.1 Å². The molecule has 0 saturated heterocycles. The van der Waals surface area contributed by atoms with Gasteiger partial charge in [-0.05, 0) is 36.8 Å². The van der Waals surface area contributed by atoms with Crippen LogP contribution in [0.4, 0.5) is 11.4 Å². The molecule has 0 aliphatic rings.